The topological polar surface area (TPSA) is 83.7 Å². The summed E-state index contributed by atoms with van der Waals surface area (Å²) in [6.45, 7) is -2.96. The van der Waals surface area contributed by atoms with Crippen molar-refractivity contribution in [2.45, 2.75) is 13.0 Å². The average molecular weight is 314 g/mol. The summed E-state index contributed by atoms with van der Waals surface area (Å²) < 4.78 is 43.6. The molecule has 0 unspecified atom stereocenters. The zero-order valence-electron chi connectivity index (χ0n) is 11.7. The van der Waals surface area contributed by atoms with Crippen LogP contribution in [-0.4, -0.2) is 37.0 Å². The minimum absolute atomic E-state index is 0.0775. The van der Waals surface area contributed by atoms with Crippen LogP contribution < -0.4 is 9.47 Å². The largest absolute Gasteiger partial charge is 0.493 e. The summed E-state index contributed by atoms with van der Waals surface area (Å²) in [6.07, 6.45) is -0.160. The standard InChI is InChI=1S/C13H12F2N2O5/c1-19-9-5-7(3-4-8(9)21-13(14)15)12-17-16-10(22-12)6-11(18)20-2/h3-5,13H,6H2,1-2H3. The molecule has 0 atom stereocenters. The summed E-state index contributed by atoms with van der Waals surface area (Å²) in [7, 11) is 2.56. The Kier molecular flexibility index (Phi) is 4.87. The fraction of sp³-hybridized carbons (Fsp3) is 0.308. The number of benzene rings is 1. The van der Waals surface area contributed by atoms with Gasteiger partial charge < -0.3 is 18.6 Å². The molecule has 2 rings (SSSR count). The van der Waals surface area contributed by atoms with Gasteiger partial charge in [0.25, 0.3) is 0 Å². The van der Waals surface area contributed by atoms with E-state index in [9.17, 15) is 13.6 Å². The van der Waals surface area contributed by atoms with Crippen LogP contribution in [0.3, 0.4) is 0 Å². The van der Waals surface area contributed by atoms with Crippen molar-refractivity contribution in [3.05, 3.63) is 24.1 Å². The van der Waals surface area contributed by atoms with Gasteiger partial charge in [0.15, 0.2) is 11.5 Å². The molecular weight excluding hydrogens is 302 g/mol. The lowest BCUT2D eigenvalue weighted by atomic mass is 10.2. The van der Waals surface area contributed by atoms with Gasteiger partial charge >= 0.3 is 12.6 Å². The molecular formula is C13H12F2N2O5. The molecule has 0 aliphatic rings. The molecule has 0 amide bonds. The second-order valence-corrected chi connectivity index (χ2v) is 4.00. The Hall–Kier alpha value is -2.71. The summed E-state index contributed by atoms with van der Waals surface area (Å²) in [5.41, 5.74) is 0.432. The molecule has 0 bridgehead atoms. The van der Waals surface area contributed by atoms with Gasteiger partial charge in [0.05, 0.1) is 14.2 Å². The number of methoxy groups -OCH3 is 2. The molecule has 0 saturated heterocycles. The van der Waals surface area contributed by atoms with Gasteiger partial charge in [0.1, 0.15) is 6.42 Å². The van der Waals surface area contributed by atoms with Crippen molar-refractivity contribution in [1.29, 1.82) is 0 Å². The fourth-order valence-corrected chi connectivity index (χ4v) is 1.63. The SMILES string of the molecule is COC(=O)Cc1nnc(-c2ccc(OC(F)F)c(OC)c2)o1. The molecule has 1 aromatic carbocycles. The predicted octanol–water partition coefficient (Wildman–Crippen LogP) is 2.06. The highest BCUT2D eigenvalue weighted by atomic mass is 19.3. The number of carbonyl (C=O) groups is 1. The first-order valence-electron chi connectivity index (χ1n) is 6.06. The number of esters is 1. The summed E-state index contributed by atoms with van der Waals surface area (Å²) in [5.74, 6) is -0.357. The molecule has 0 saturated carbocycles. The molecule has 0 aliphatic carbocycles. The van der Waals surface area contributed by atoms with E-state index < -0.39 is 12.6 Å². The van der Waals surface area contributed by atoms with Crippen LogP contribution in [0.25, 0.3) is 11.5 Å². The first-order valence-corrected chi connectivity index (χ1v) is 6.06. The number of hydrogen-bond acceptors (Lipinski definition) is 7. The summed E-state index contributed by atoms with van der Waals surface area (Å²) in [4.78, 5) is 11.1. The Balaban J connectivity index is 2.24. The molecule has 1 aromatic heterocycles. The zero-order chi connectivity index (χ0) is 16.1. The van der Waals surface area contributed by atoms with Crippen molar-refractivity contribution in [1.82, 2.24) is 10.2 Å². The first kappa shape index (κ1) is 15.7. The number of ether oxygens (including phenoxy) is 3. The highest BCUT2D eigenvalue weighted by Gasteiger charge is 2.16. The van der Waals surface area contributed by atoms with E-state index >= 15 is 0 Å². The Morgan fingerprint density at radius 1 is 1.27 bits per heavy atom. The van der Waals surface area contributed by atoms with E-state index in [0.717, 1.165) is 0 Å². The van der Waals surface area contributed by atoms with Gasteiger partial charge in [-0.2, -0.15) is 8.78 Å². The molecule has 2 aromatic rings. The van der Waals surface area contributed by atoms with Crippen LogP contribution in [0.5, 0.6) is 11.5 Å². The molecule has 0 radical (unpaired) electrons. The van der Waals surface area contributed by atoms with E-state index in [2.05, 4.69) is 19.7 Å². The van der Waals surface area contributed by atoms with Crippen molar-refractivity contribution in [3.8, 4) is 23.0 Å². The number of aromatic nitrogens is 2. The van der Waals surface area contributed by atoms with Crippen LogP contribution in [0.4, 0.5) is 8.78 Å². The maximum absolute atomic E-state index is 12.3. The van der Waals surface area contributed by atoms with Crippen molar-refractivity contribution in [3.63, 3.8) is 0 Å². The third-order valence-corrected chi connectivity index (χ3v) is 2.62. The summed E-state index contributed by atoms with van der Waals surface area (Å²) >= 11 is 0. The highest BCUT2D eigenvalue weighted by molar-refractivity contribution is 5.71. The van der Waals surface area contributed by atoms with E-state index in [0.29, 0.717) is 5.56 Å². The maximum Gasteiger partial charge on any atom is 0.387 e. The van der Waals surface area contributed by atoms with Gasteiger partial charge in [0, 0.05) is 5.56 Å². The number of halogens is 2. The number of nitrogens with zero attached hydrogens (tertiary/aromatic N) is 2. The predicted molar refractivity (Wildman–Crippen MR) is 68.6 cm³/mol. The monoisotopic (exact) mass is 314 g/mol. The normalized spacial score (nSPS) is 10.6. The number of alkyl halides is 2. The third kappa shape index (κ3) is 3.68. The third-order valence-electron chi connectivity index (χ3n) is 2.62. The molecule has 0 N–H and O–H groups in total. The maximum atomic E-state index is 12.3. The Bertz CT molecular complexity index is 660. The molecule has 1 heterocycles. The van der Waals surface area contributed by atoms with E-state index in [1.54, 1.807) is 0 Å². The van der Waals surface area contributed by atoms with E-state index in [1.807, 2.05) is 0 Å². The second-order valence-electron chi connectivity index (χ2n) is 4.00. The summed E-state index contributed by atoms with van der Waals surface area (Å²) in [6, 6.07) is 4.16. The number of rotatable bonds is 6. The minimum Gasteiger partial charge on any atom is -0.493 e. The number of carbonyl (C=O) groups excluding carboxylic acids is 1. The highest BCUT2D eigenvalue weighted by Crippen LogP contribution is 2.33. The van der Waals surface area contributed by atoms with Gasteiger partial charge in [-0.3, -0.25) is 4.79 Å². The number of hydrogen-bond donors (Lipinski definition) is 0. The van der Waals surface area contributed by atoms with Crippen LogP contribution in [0.1, 0.15) is 5.89 Å². The van der Waals surface area contributed by atoms with E-state index in [1.165, 1.54) is 32.4 Å². The molecule has 118 valence electrons. The van der Waals surface area contributed by atoms with Crippen molar-refractivity contribution >= 4 is 5.97 Å². The first-order chi connectivity index (χ1) is 10.5. The van der Waals surface area contributed by atoms with Gasteiger partial charge in [-0.25, -0.2) is 0 Å². The fourth-order valence-electron chi connectivity index (χ4n) is 1.63. The lowest BCUT2D eigenvalue weighted by Crippen LogP contribution is -2.04. The van der Waals surface area contributed by atoms with Crippen LogP contribution in [0.2, 0.25) is 0 Å². The van der Waals surface area contributed by atoms with E-state index in [-0.39, 0.29) is 29.7 Å². The van der Waals surface area contributed by atoms with Crippen molar-refractivity contribution in [2.75, 3.05) is 14.2 Å². The lowest BCUT2D eigenvalue weighted by Gasteiger charge is -2.10. The Morgan fingerprint density at radius 2 is 2.05 bits per heavy atom. The smallest absolute Gasteiger partial charge is 0.387 e. The van der Waals surface area contributed by atoms with Crippen LogP contribution in [0, 0.1) is 0 Å². The molecule has 9 heteroatoms. The second kappa shape index (κ2) is 6.83. The van der Waals surface area contributed by atoms with Gasteiger partial charge in [-0.05, 0) is 18.2 Å². The molecule has 7 nitrogen and oxygen atoms in total. The van der Waals surface area contributed by atoms with Crippen LogP contribution >= 0.6 is 0 Å². The van der Waals surface area contributed by atoms with Crippen LogP contribution in [0.15, 0.2) is 22.6 Å². The minimum atomic E-state index is -2.96. The van der Waals surface area contributed by atoms with Crippen molar-refractivity contribution in [2.24, 2.45) is 0 Å². The Labute approximate surface area is 123 Å². The lowest BCUT2D eigenvalue weighted by molar-refractivity contribution is -0.140. The van der Waals surface area contributed by atoms with Crippen LogP contribution in [-0.2, 0) is 16.0 Å². The molecule has 0 fully saturated rings. The van der Waals surface area contributed by atoms with Gasteiger partial charge in [0.2, 0.25) is 11.8 Å². The zero-order valence-corrected chi connectivity index (χ0v) is 11.7. The molecule has 0 spiro atoms. The van der Waals surface area contributed by atoms with Crippen molar-refractivity contribution < 1.29 is 32.2 Å². The molecule has 0 aliphatic heterocycles. The van der Waals surface area contributed by atoms with E-state index in [4.69, 9.17) is 9.15 Å². The van der Waals surface area contributed by atoms with Gasteiger partial charge in [-0.1, -0.05) is 0 Å². The molecule has 22 heavy (non-hydrogen) atoms. The summed E-state index contributed by atoms with van der Waals surface area (Å²) in [5, 5.41) is 7.47. The average Bonchev–Trinajstić information content (AvgIpc) is 2.95. The quantitative estimate of drug-likeness (QED) is 0.755. The Morgan fingerprint density at radius 3 is 2.68 bits per heavy atom. The van der Waals surface area contributed by atoms with Gasteiger partial charge in [-0.15, -0.1) is 10.2 Å².